The Balaban J connectivity index is 1.58. The quantitative estimate of drug-likeness (QED) is 0.716. The molecule has 26 heavy (non-hydrogen) atoms. The van der Waals surface area contributed by atoms with Gasteiger partial charge in [-0.2, -0.15) is 0 Å². The zero-order valence-corrected chi connectivity index (χ0v) is 14.0. The lowest BCUT2D eigenvalue weighted by Gasteiger charge is -2.29. The third-order valence-electron chi connectivity index (χ3n) is 4.71. The number of amides is 3. The van der Waals surface area contributed by atoms with Crippen LogP contribution in [0.25, 0.3) is 5.69 Å². The van der Waals surface area contributed by atoms with Crippen LogP contribution in [0.5, 0.6) is 0 Å². The van der Waals surface area contributed by atoms with E-state index in [-0.39, 0.29) is 18.2 Å². The van der Waals surface area contributed by atoms with Gasteiger partial charge in [-0.25, -0.2) is 4.68 Å². The van der Waals surface area contributed by atoms with Crippen LogP contribution in [0.1, 0.15) is 34.5 Å². The zero-order valence-electron chi connectivity index (χ0n) is 14.0. The van der Waals surface area contributed by atoms with Gasteiger partial charge in [0, 0.05) is 24.9 Å². The van der Waals surface area contributed by atoms with E-state index in [1.807, 2.05) is 12.3 Å². The fraction of sp³-hybridized carbons (Fsp3) is 0.353. The van der Waals surface area contributed by atoms with E-state index in [4.69, 9.17) is 5.73 Å². The lowest BCUT2D eigenvalue weighted by atomic mass is 10.0. The summed E-state index contributed by atoms with van der Waals surface area (Å²) >= 11 is 0. The summed E-state index contributed by atoms with van der Waals surface area (Å²) in [6, 6.07) is 4.80. The topological polar surface area (TPSA) is 123 Å². The number of nitrogens with two attached hydrogens (primary N) is 1. The van der Waals surface area contributed by atoms with Gasteiger partial charge in [-0.3, -0.25) is 19.7 Å². The zero-order chi connectivity index (χ0) is 18.3. The van der Waals surface area contributed by atoms with E-state index in [1.54, 1.807) is 16.8 Å². The van der Waals surface area contributed by atoms with E-state index in [0.29, 0.717) is 31.5 Å². The second kappa shape index (κ2) is 6.34. The SMILES string of the molecule is NCCc1cn(-c2ccc3c(c2)CN(C2CCC(=O)NC2=O)C3=O)nn1. The molecule has 3 heterocycles. The molecule has 134 valence electrons. The van der Waals surface area contributed by atoms with Crippen LogP contribution in [0, 0.1) is 0 Å². The fourth-order valence-corrected chi connectivity index (χ4v) is 3.39. The Kier molecular flexibility index (Phi) is 4.00. The van der Waals surface area contributed by atoms with Gasteiger partial charge in [-0.1, -0.05) is 5.21 Å². The summed E-state index contributed by atoms with van der Waals surface area (Å²) in [5, 5.41) is 10.5. The minimum absolute atomic E-state index is 0.191. The summed E-state index contributed by atoms with van der Waals surface area (Å²) in [4.78, 5) is 37.6. The number of benzene rings is 1. The molecule has 0 spiro atoms. The van der Waals surface area contributed by atoms with Crippen molar-refractivity contribution in [2.24, 2.45) is 5.73 Å². The first-order valence-electron chi connectivity index (χ1n) is 8.46. The minimum atomic E-state index is -0.612. The second-order valence-electron chi connectivity index (χ2n) is 6.43. The molecule has 1 fully saturated rings. The number of fused-ring (bicyclic) bond motifs is 1. The average Bonchev–Trinajstić information content (AvgIpc) is 3.20. The van der Waals surface area contributed by atoms with E-state index in [1.165, 1.54) is 4.90 Å². The minimum Gasteiger partial charge on any atom is -0.330 e. The molecule has 1 aromatic heterocycles. The summed E-state index contributed by atoms with van der Waals surface area (Å²) in [6.07, 6.45) is 3.05. The molecule has 9 heteroatoms. The van der Waals surface area contributed by atoms with Crippen LogP contribution in [-0.2, 0) is 22.6 Å². The summed E-state index contributed by atoms with van der Waals surface area (Å²) in [5.41, 5.74) is 8.52. The number of nitrogens with one attached hydrogen (secondary N) is 1. The van der Waals surface area contributed by atoms with Crippen LogP contribution in [0.4, 0.5) is 0 Å². The van der Waals surface area contributed by atoms with Gasteiger partial charge in [-0.15, -0.1) is 5.10 Å². The molecule has 0 saturated carbocycles. The number of nitrogens with zero attached hydrogens (tertiary/aromatic N) is 4. The van der Waals surface area contributed by atoms with Crippen LogP contribution in [0.2, 0.25) is 0 Å². The lowest BCUT2D eigenvalue weighted by Crippen LogP contribution is -2.52. The molecule has 4 rings (SSSR count). The second-order valence-corrected chi connectivity index (χ2v) is 6.43. The van der Waals surface area contributed by atoms with Crippen molar-refractivity contribution in [3.8, 4) is 5.69 Å². The molecule has 1 aromatic carbocycles. The van der Waals surface area contributed by atoms with Crippen molar-refractivity contribution in [1.82, 2.24) is 25.2 Å². The van der Waals surface area contributed by atoms with Crippen molar-refractivity contribution in [1.29, 1.82) is 0 Å². The molecule has 2 aromatic rings. The standard InChI is InChI=1S/C17H18N6O3/c18-6-5-11-9-23(21-20-11)12-1-2-13-10(7-12)8-22(17(13)26)14-3-4-15(24)19-16(14)25/h1-2,7,9,14H,3-6,8,18H2,(H,19,24,25). The largest absolute Gasteiger partial charge is 0.330 e. The molecular weight excluding hydrogens is 336 g/mol. The van der Waals surface area contributed by atoms with Crippen LogP contribution in [0.3, 0.4) is 0 Å². The van der Waals surface area contributed by atoms with Crippen molar-refractivity contribution in [2.75, 3.05) is 6.54 Å². The molecule has 3 amide bonds. The number of aromatic nitrogens is 3. The number of hydrogen-bond acceptors (Lipinski definition) is 6. The first-order valence-corrected chi connectivity index (χ1v) is 8.46. The number of hydrogen-bond donors (Lipinski definition) is 2. The summed E-state index contributed by atoms with van der Waals surface area (Å²) in [7, 11) is 0. The Morgan fingerprint density at radius 1 is 1.27 bits per heavy atom. The van der Waals surface area contributed by atoms with Crippen LogP contribution >= 0.6 is 0 Å². The third-order valence-corrected chi connectivity index (χ3v) is 4.71. The first kappa shape index (κ1) is 16.4. The molecule has 3 N–H and O–H groups in total. The lowest BCUT2D eigenvalue weighted by molar-refractivity contribution is -0.136. The van der Waals surface area contributed by atoms with E-state index >= 15 is 0 Å². The molecular formula is C17H18N6O3. The monoisotopic (exact) mass is 354 g/mol. The van der Waals surface area contributed by atoms with Gasteiger partial charge in [0.15, 0.2) is 0 Å². The molecule has 0 radical (unpaired) electrons. The van der Waals surface area contributed by atoms with E-state index in [0.717, 1.165) is 16.9 Å². The molecule has 2 aliphatic heterocycles. The number of carbonyl (C=O) groups excluding carboxylic acids is 3. The first-order chi connectivity index (χ1) is 12.6. The molecule has 0 bridgehead atoms. The van der Waals surface area contributed by atoms with Crippen LogP contribution in [-0.4, -0.2) is 50.2 Å². The molecule has 1 unspecified atom stereocenters. The maximum absolute atomic E-state index is 12.7. The summed E-state index contributed by atoms with van der Waals surface area (Å²) in [6.45, 7) is 0.830. The van der Waals surface area contributed by atoms with Gasteiger partial charge in [0.2, 0.25) is 11.8 Å². The maximum atomic E-state index is 12.7. The molecule has 1 atom stereocenters. The Hall–Kier alpha value is -3.07. The van der Waals surface area contributed by atoms with E-state index in [9.17, 15) is 14.4 Å². The molecule has 2 aliphatic rings. The normalized spacial score (nSPS) is 19.7. The van der Waals surface area contributed by atoms with Crippen molar-refractivity contribution >= 4 is 17.7 Å². The van der Waals surface area contributed by atoms with Crippen molar-refractivity contribution in [2.45, 2.75) is 31.8 Å². The highest BCUT2D eigenvalue weighted by Gasteiger charge is 2.39. The Bertz CT molecular complexity index is 906. The number of rotatable bonds is 4. The van der Waals surface area contributed by atoms with Crippen LogP contribution < -0.4 is 11.1 Å². The Morgan fingerprint density at radius 2 is 2.12 bits per heavy atom. The van der Waals surface area contributed by atoms with Crippen molar-refractivity contribution in [3.05, 3.63) is 41.2 Å². The van der Waals surface area contributed by atoms with E-state index < -0.39 is 11.9 Å². The van der Waals surface area contributed by atoms with Gasteiger partial charge >= 0.3 is 0 Å². The highest BCUT2D eigenvalue weighted by atomic mass is 16.2. The third kappa shape index (κ3) is 2.76. The van der Waals surface area contributed by atoms with Gasteiger partial charge in [-0.05, 0) is 36.7 Å². The fourth-order valence-electron chi connectivity index (χ4n) is 3.39. The van der Waals surface area contributed by atoms with Gasteiger partial charge < -0.3 is 10.6 Å². The molecule has 9 nitrogen and oxygen atoms in total. The van der Waals surface area contributed by atoms with Crippen LogP contribution in [0.15, 0.2) is 24.4 Å². The average molecular weight is 354 g/mol. The highest BCUT2D eigenvalue weighted by molar-refractivity contribution is 6.05. The number of piperidine rings is 1. The predicted octanol–water partition coefficient (Wildman–Crippen LogP) is -0.470. The summed E-state index contributed by atoms with van der Waals surface area (Å²) in [5.74, 6) is -0.897. The highest BCUT2D eigenvalue weighted by Crippen LogP contribution is 2.28. The summed E-state index contributed by atoms with van der Waals surface area (Å²) < 4.78 is 1.64. The molecule has 0 aliphatic carbocycles. The maximum Gasteiger partial charge on any atom is 0.255 e. The Morgan fingerprint density at radius 3 is 2.88 bits per heavy atom. The number of carbonyl (C=O) groups is 3. The van der Waals surface area contributed by atoms with Crippen molar-refractivity contribution < 1.29 is 14.4 Å². The predicted molar refractivity (Wildman–Crippen MR) is 90.2 cm³/mol. The number of imide groups is 1. The smallest absolute Gasteiger partial charge is 0.255 e. The van der Waals surface area contributed by atoms with E-state index in [2.05, 4.69) is 15.6 Å². The molecule has 1 saturated heterocycles. The van der Waals surface area contributed by atoms with Gasteiger partial charge in [0.25, 0.3) is 5.91 Å². The van der Waals surface area contributed by atoms with Gasteiger partial charge in [0.1, 0.15) is 6.04 Å². The van der Waals surface area contributed by atoms with Crippen molar-refractivity contribution in [3.63, 3.8) is 0 Å². The Labute approximate surface area is 149 Å². The van der Waals surface area contributed by atoms with Gasteiger partial charge in [0.05, 0.1) is 17.6 Å².